The highest BCUT2D eigenvalue weighted by Crippen LogP contribution is 2.20. The summed E-state index contributed by atoms with van der Waals surface area (Å²) in [4.78, 5) is 4.73. The van der Waals surface area contributed by atoms with Gasteiger partial charge in [-0.05, 0) is 43.4 Å². The second kappa shape index (κ2) is 5.29. The van der Waals surface area contributed by atoms with E-state index in [9.17, 15) is 0 Å². The minimum absolute atomic E-state index is 0.577. The molecule has 1 nitrogen and oxygen atoms in total. The highest BCUT2D eigenvalue weighted by Gasteiger charge is 2.10. The molecule has 0 aromatic heterocycles. The lowest BCUT2D eigenvalue weighted by molar-refractivity contribution is 0.444. The van der Waals surface area contributed by atoms with Crippen molar-refractivity contribution < 1.29 is 0 Å². The number of nitrogens with zero attached hydrogens (tertiary/aromatic N) is 1. The fourth-order valence-corrected chi connectivity index (χ4v) is 2.33. The van der Waals surface area contributed by atoms with Gasteiger partial charge in [-0.25, -0.2) is 0 Å². The predicted molar refractivity (Wildman–Crippen MR) is 70.4 cm³/mol. The molecule has 1 heteroatoms. The Morgan fingerprint density at radius 2 is 1.88 bits per heavy atom. The van der Waals surface area contributed by atoms with E-state index >= 15 is 0 Å². The van der Waals surface area contributed by atoms with Gasteiger partial charge in [-0.3, -0.25) is 4.99 Å². The van der Waals surface area contributed by atoms with Crippen molar-refractivity contribution in [3.8, 4) is 0 Å². The minimum Gasteiger partial charge on any atom is -0.289 e. The highest BCUT2D eigenvalue weighted by atomic mass is 14.8. The Bertz CT molecular complexity index is 373. The van der Waals surface area contributed by atoms with E-state index in [0.29, 0.717) is 6.04 Å². The molecule has 1 aliphatic rings. The van der Waals surface area contributed by atoms with Gasteiger partial charge < -0.3 is 0 Å². The van der Waals surface area contributed by atoms with Gasteiger partial charge in [-0.2, -0.15) is 0 Å². The minimum atomic E-state index is 0.577. The third-order valence-electron chi connectivity index (χ3n) is 3.65. The lowest BCUT2D eigenvalue weighted by Gasteiger charge is -2.17. The fourth-order valence-electron chi connectivity index (χ4n) is 2.33. The number of benzene rings is 1. The lowest BCUT2D eigenvalue weighted by Crippen LogP contribution is -2.09. The van der Waals surface area contributed by atoms with Crippen molar-refractivity contribution in [3.05, 3.63) is 34.9 Å². The molecular formula is C15H21N. The summed E-state index contributed by atoms with van der Waals surface area (Å²) in [7, 11) is 0. The van der Waals surface area contributed by atoms with Crippen molar-refractivity contribution in [2.75, 3.05) is 0 Å². The maximum atomic E-state index is 4.73. The van der Waals surface area contributed by atoms with Crippen molar-refractivity contribution in [2.45, 2.75) is 52.0 Å². The number of aliphatic imine (C=N–C) groups is 1. The van der Waals surface area contributed by atoms with Crippen molar-refractivity contribution in [1.82, 2.24) is 0 Å². The molecule has 16 heavy (non-hydrogen) atoms. The Hall–Kier alpha value is -1.11. The van der Waals surface area contributed by atoms with Crippen molar-refractivity contribution in [3.63, 3.8) is 0 Å². The number of rotatable bonds is 2. The zero-order valence-electron chi connectivity index (χ0n) is 10.4. The first-order chi connectivity index (χ1) is 7.77. The van der Waals surface area contributed by atoms with Crippen molar-refractivity contribution >= 4 is 6.21 Å². The molecule has 0 spiro atoms. The monoisotopic (exact) mass is 215 g/mol. The molecule has 0 radical (unpaired) electrons. The van der Waals surface area contributed by atoms with Crippen LogP contribution in [0.5, 0.6) is 0 Å². The first-order valence-corrected chi connectivity index (χ1v) is 6.37. The third-order valence-corrected chi connectivity index (χ3v) is 3.65. The summed E-state index contributed by atoms with van der Waals surface area (Å²) < 4.78 is 0. The van der Waals surface area contributed by atoms with E-state index in [1.807, 2.05) is 0 Å². The fraction of sp³-hybridized carbons (Fsp3) is 0.533. The zero-order valence-corrected chi connectivity index (χ0v) is 10.4. The van der Waals surface area contributed by atoms with Gasteiger partial charge in [0.15, 0.2) is 0 Å². The largest absolute Gasteiger partial charge is 0.289 e. The molecule has 0 amide bonds. The molecule has 1 aliphatic carbocycles. The van der Waals surface area contributed by atoms with E-state index in [2.05, 4.69) is 38.3 Å². The predicted octanol–water partition coefficient (Wildman–Crippen LogP) is 4.06. The SMILES string of the molecule is Cc1cccc(C=NC2CCCCC2)c1C. The van der Waals surface area contributed by atoms with Gasteiger partial charge in [0.05, 0.1) is 0 Å². The number of hydrogen-bond acceptors (Lipinski definition) is 1. The molecule has 0 unspecified atom stereocenters. The van der Waals surface area contributed by atoms with Crippen LogP contribution in [-0.4, -0.2) is 12.3 Å². The zero-order chi connectivity index (χ0) is 11.4. The summed E-state index contributed by atoms with van der Waals surface area (Å²) in [5, 5.41) is 0. The summed E-state index contributed by atoms with van der Waals surface area (Å²) in [6.07, 6.45) is 8.75. The second-order valence-corrected chi connectivity index (χ2v) is 4.86. The second-order valence-electron chi connectivity index (χ2n) is 4.86. The maximum Gasteiger partial charge on any atom is 0.0499 e. The summed E-state index contributed by atoms with van der Waals surface area (Å²) in [6.45, 7) is 4.34. The third kappa shape index (κ3) is 2.72. The van der Waals surface area contributed by atoms with Crippen LogP contribution < -0.4 is 0 Å². The van der Waals surface area contributed by atoms with Gasteiger partial charge in [0.2, 0.25) is 0 Å². The topological polar surface area (TPSA) is 12.4 Å². The van der Waals surface area contributed by atoms with E-state index < -0.39 is 0 Å². The van der Waals surface area contributed by atoms with E-state index in [1.54, 1.807) is 0 Å². The normalized spacial score (nSPS) is 18.1. The van der Waals surface area contributed by atoms with E-state index in [-0.39, 0.29) is 0 Å². The van der Waals surface area contributed by atoms with Crippen LogP contribution in [0.2, 0.25) is 0 Å². The van der Waals surface area contributed by atoms with E-state index in [4.69, 9.17) is 4.99 Å². The molecule has 1 saturated carbocycles. The molecule has 2 rings (SSSR count). The van der Waals surface area contributed by atoms with Crippen molar-refractivity contribution in [2.24, 2.45) is 4.99 Å². The van der Waals surface area contributed by atoms with Crippen molar-refractivity contribution in [1.29, 1.82) is 0 Å². The number of hydrogen-bond donors (Lipinski definition) is 0. The molecule has 1 fully saturated rings. The standard InChI is InChI=1S/C15H21N/c1-12-7-6-8-14(13(12)2)11-16-15-9-4-3-5-10-15/h6-8,11,15H,3-5,9-10H2,1-2H3. The van der Waals surface area contributed by atoms with Crippen LogP contribution in [0.1, 0.15) is 48.8 Å². The van der Waals surface area contributed by atoms with Crippen LogP contribution in [0.3, 0.4) is 0 Å². The molecule has 0 heterocycles. The maximum absolute atomic E-state index is 4.73. The average molecular weight is 215 g/mol. The average Bonchev–Trinajstić information content (AvgIpc) is 2.32. The molecule has 0 bridgehead atoms. The smallest absolute Gasteiger partial charge is 0.0499 e. The van der Waals surface area contributed by atoms with Gasteiger partial charge in [-0.1, -0.05) is 37.5 Å². The molecule has 1 aromatic rings. The number of aryl methyl sites for hydroxylation is 1. The Kier molecular flexibility index (Phi) is 3.76. The van der Waals surface area contributed by atoms with Gasteiger partial charge in [0.1, 0.15) is 0 Å². The summed E-state index contributed by atoms with van der Waals surface area (Å²) in [6, 6.07) is 7.01. The molecule has 0 aliphatic heterocycles. The molecular weight excluding hydrogens is 194 g/mol. The Morgan fingerprint density at radius 3 is 2.62 bits per heavy atom. The highest BCUT2D eigenvalue weighted by molar-refractivity contribution is 5.82. The van der Waals surface area contributed by atoms with Crippen LogP contribution in [0, 0.1) is 13.8 Å². The van der Waals surface area contributed by atoms with Gasteiger partial charge in [0.25, 0.3) is 0 Å². The van der Waals surface area contributed by atoms with Gasteiger partial charge in [0, 0.05) is 12.3 Å². The lowest BCUT2D eigenvalue weighted by atomic mass is 9.96. The van der Waals surface area contributed by atoms with Crippen LogP contribution >= 0.6 is 0 Å². The quantitative estimate of drug-likeness (QED) is 0.660. The van der Waals surface area contributed by atoms with Crippen LogP contribution in [0.4, 0.5) is 0 Å². The van der Waals surface area contributed by atoms with Gasteiger partial charge in [-0.15, -0.1) is 0 Å². The molecule has 0 N–H and O–H groups in total. The van der Waals surface area contributed by atoms with Crippen LogP contribution in [0.15, 0.2) is 23.2 Å². The Balaban J connectivity index is 2.07. The summed E-state index contributed by atoms with van der Waals surface area (Å²) in [5.41, 5.74) is 4.00. The van der Waals surface area contributed by atoms with Gasteiger partial charge >= 0.3 is 0 Å². The Morgan fingerprint density at radius 1 is 1.12 bits per heavy atom. The Labute approximate surface area is 98.6 Å². The first-order valence-electron chi connectivity index (χ1n) is 6.37. The first kappa shape index (κ1) is 11.4. The molecule has 0 saturated heterocycles. The molecule has 1 aromatic carbocycles. The van der Waals surface area contributed by atoms with E-state index in [1.165, 1.54) is 48.8 Å². The molecule has 0 atom stereocenters. The van der Waals surface area contributed by atoms with Crippen LogP contribution in [-0.2, 0) is 0 Å². The molecule has 86 valence electrons. The summed E-state index contributed by atoms with van der Waals surface area (Å²) >= 11 is 0. The van der Waals surface area contributed by atoms with E-state index in [0.717, 1.165) is 0 Å². The van der Waals surface area contributed by atoms with Crippen LogP contribution in [0.25, 0.3) is 0 Å². The summed E-state index contributed by atoms with van der Waals surface area (Å²) in [5.74, 6) is 0.